The number of carbonyl (C=O) groups is 5. The van der Waals surface area contributed by atoms with E-state index in [1.807, 2.05) is 0 Å². The van der Waals surface area contributed by atoms with Crippen molar-refractivity contribution in [2.24, 2.45) is 0 Å². The number of carbonyl (C=O) groups excluding carboxylic acids is 5. The molecular weight excluding hydrogens is 530 g/mol. The molecule has 1 fully saturated rings. The Morgan fingerprint density at radius 1 is 0.805 bits per heavy atom. The van der Waals surface area contributed by atoms with Crippen LogP contribution in [0.15, 0.2) is 72.8 Å². The van der Waals surface area contributed by atoms with Crippen LogP contribution >= 0.6 is 0 Å². The van der Waals surface area contributed by atoms with Gasteiger partial charge in [-0.2, -0.15) is 0 Å². The summed E-state index contributed by atoms with van der Waals surface area (Å²) >= 11 is 0. The SMILES string of the molecule is C=C(CC(=O)OC1CCCCC1)C(=O)Oc1ccc(OC(=O)c2ccc(OCCCN3C(=O)C=CC3=O)cc2)cc1. The molecule has 0 N–H and O–H groups in total. The van der Waals surface area contributed by atoms with Crippen molar-refractivity contribution in [1.82, 2.24) is 4.90 Å². The summed E-state index contributed by atoms with van der Waals surface area (Å²) in [6.45, 7) is 4.19. The lowest BCUT2D eigenvalue weighted by molar-refractivity contribution is -0.150. The Hall–Kier alpha value is -4.73. The number of amides is 2. The fourth-order valence-electron chi connectivity index (χ4n) is 4.33. The summed E-state index contributed by atoms with van der Waals surface area (Å²) in [5.74, 6) is -1.53. The average molecular weight is 562 g/mol. The maximum Gasteiger partial charge on any atom is 0.343 e. The topological polar surface area (TPSA) is 126 Å². The summed E-state index contributed by atoms with van der Waals surface area (Å²) in [5, 5.41) is 0. The predicted octanol–water partition coefficient (Wildman–Crippen LogP) is 4.33. The van der Waals surface area contributed by atoms with Crippen LogP contribution in [0.4, 0.5) is 0 Å². The van der Waals surface area contributed by atoms with Gasteiger partial charge in [-0.15, -0.1) is 0 Å². The minimum atomic E-state index is -0.743. The lowest BCUT2D eigenvalue weighted by Crippen LogP contribution is -2.31. The maximum absolute atomic E-state index is 12.5. The zero-order valence-corrected chi connectivity index (χ0v) is 22.5. The van der Waals surface area contributed by atoms with Crippen LogP contribution in [0.2, 0.25) is 0 Å². The van der Waals surface area contributed by atoms with Gasteiger partial charge in [-0.25, -0.2) is 9.59 Å². The van der Waals surface area contributed by atoms with Gasteiger partial charge in [-0.1, -0.05) is 13.0 Å². The monoisotopic (exact) mass is 561 g/mol. The van der Waals surface area contributed by atoms with Crippen LogP contribution in [0, 0.1) is 0 Å². The Bertz CT molecular complexity index is 1300. The third-order valence-electron chi connectivity index (χ3n) is 6.53. The third-order valence-corrected chi connectivity index (χ3v) is 6.53. The van der Waals surface area contributed by atoms with Crippen LogP contribution < -0.4 is 14.2 Å². The summed E-state index contributed by atoms with van der Waals surface area (Å²) in [7, 11) is 0. The van der Waals surface area contributed by atoms with E-state index >= 15 is 0 Å². The van der Waals surface area contributed by atoms with Gasteiger partial charge in [-0.3, -0.25) is 19.3 Å². The van der Waals surface area contributed by atoms with Gasteiger partial charge in [0.2, 0.25) is 0 Å². The molecule has 1 heterocycles. The summed E-state index contributed by atoms with van der Waals surface area (Å²) in [4.78, 5) is 61.2. The number of esters is 3. The Morgan fingerprint density at radius 2 is 1.39 bits per heavy atom. The van der Waals surface area contributed by atoms with E-state index in [9.17, 15) is 24.0 Å². The molecule has 0 radical (unpaired) electrons. The fraction of sp³-hybridized carbons (Fsp3) is 0.323. The first kappa shape index (κ1) is 29.3. The number of hydrogen-bond donors (Lipinski definition) is 0. The molecule has 10 heteroatoms. The van der Waals surface area contributed by atoms with Gasteiger partial charge in [0.25, 0.3) is 11.8 Å². The van der Waals surface area contributed by atoms with Crippen LogP contribution in [-0.4, -0.2) is 53.9 Å². The summed E-state index contributed by atoms with van der Waals surface area (Å²) in [6, 6.07) is 12.2. The molecule has 2 aromatic rings. The lowest BCUT2D eigenvalue weighted by Gasteiger charge is -2.21. The molecular formula is C31H31NO9. The van der Waals surface area contributed by atoms with Crippen molar-refractivity contribution < 1.29 is 42.9 Å². The van der Waals surface area contributed by atoms with E-state index in [1.54, 1.807) is 24.3 Å². The molecule has 1 saturated carbocycles. The zero-order valence-electron chi connectivity index (χ0n) is 22.5. The number of ether oxygens (including phenoxy) is 4. The molecule has 4 rings (SSSR count). The van der Waals surface area contributed by atoms with Gasteiger partial charge in [0.05, 0.1) is 18.6 Å². The van der Waals surface area contributed by atoms with Crippen LogP contribution in [0.1, 0.15) is 55.3 Å². The quantitative estimate of drug-likeness (QED) is 0.122. The molecule has 1 aliphatic carbocycles. The van der Waals surface area contributed by atoms with Gasteiger partial charge in [0.1, 0.15) is 23.4 Å². The Morgan fingerprint density at radius 3 is 2.02 bits per heavy atom. The molecule has 0 spiro atoms. The zero-order chi connectivity index (χ0) is 29.2. The van der Waals surface area contributed by atoms with Crippen LogP contribution in [0.3, 0.4) is 0 Å². The molecule has 0 saturated heterocycles. The largest absolute Gasteiger partial charge is 0.494 e. The van der Waals surface area contributed by atoms with Gasteiger partial charge >= 0.3 is 17.9 Å². The first-order chi connectivity index (χ1) is 19.8. The highest BCUT2D eigenvalue weighted by atomic mass is 16.6. The standard InChI is InChI=1S/C31H31NO9/c1-21(20-29(35)39-24-6-3-2-4-7-24)30(36)40-25-12-14-26(15-13-25)41-31(37)22-8-10-23(11-9-22)38-19-5-18-32-27(33)16-17-28(32)34/h8-17,24H,1-7,18-20H2. The Kier molecular flexibility index (Phi) is 10.0. The van der Waals surface area contributed by atoms with Crippen LogP contribution in [-0.2, 0) is 23.9 Å². The highest BCUT2D eigenvalue weighted by molar-refractivity contribution is 6.12. The van der Waals surface area contributed by atoms with Crippen molar-refractivity contribution in [2.75, 3.05) is 13.2 Å². The molecule has 214 valence electrons. The number of nitrogens with zero attached hydrogens (tertiary/aromatic N) is 1. The molecule has 0 atom stereocenters. The average Bonchev–Trinajstić information content (AvgIpc) is 3.29. The second-order valence-corrected chi connectivity index (χ2v) is 9.67. The molecule has 2 aliphatic rings. The fourth-order valence-corrected chi connectivity index (χ4v) is 4.33. The van der Waals surface area contributed by atoms with Crippen molar-refractivity contribution in [2.45, 2.75) is 51.0 Å². The number of imide groups is 1. The van der Waals surface area contributed by atoms with Gasteiger partial charge in [0, 0.05) is 24.3 Å². The molecule has 2 amide bonds. The molecule has 0 unspecified atom stereocenters. The van der Waals surface area contributed by atoms with E-state index in [-0.39, 0.29) is 54.6 Å². The minimum absolute atomic E-state index is 0.0113. The maximum atomic E-state index is 12.5. The second kappa shape index (κ2) is 14.1. The highest BCUT2D eigenvalue weighted by Gasteiger charge is 2.23. The molecule has 0 bridgehead atoms. The minimum Gasteiger partial charge on any atom is -0.494 e. The van der Waals surface area contributed by atoms with Gasteiger partial charge < -0.3 is 18.9 Å². The summed E-state index contributed by atoms with van der Waals surface area (Å²) in [6.07, 6.45) is 7.48. The van der Waals surface area contributed by atoms with E-state index in [0.717, 1.165) is 37.0 Å². The van der Waals surface area contributed by atoms with Crippen molar-refractivity contribution >= 4 is 29.7 Å². The van der Waals surface area contributed by atoms with Crippen molar-refractivity contribution in [1.29, 1.82) is 0 Å². The first-order valence-corrected chi connectivity index (χ1v) is 13.5. The number of benzene rings is 2. The number of rotatable bonds is 12. The molecule has 1 aliphatic heterocycles. The number of hydrogen-bond acceptors (Lipinski definition) is 9. The van der Waals surface area contributed by atoms with Crippen molar-refractivity contribution in [3.63, 3.8) is 0 Å². The van der Waals surface area contributed by atoms with E-state index in [4.69, 9.17) is 18.9 Å². The second-order valence-electron chi connectivity index (χ2n) is 9.67. The Labute approximate surface area is 237 Å². The Balaban J connectivity index is 1.17. The first-order valence-electron chi connectivity index (χ1n) is 13.5. The van der Waals surface area contributed by atoms with Crippen molar-refractivity contribution in [3.8, 4) is 17.2 Å². The normalized spacial score (nSPS) is 15.0. The molecule has 0 aromatic heterocycles. The van der Waals surface area contributed by atoms with E-state index in [1.165, 1.54) is 36.4 Å². The third kappa shape index (κ3) is 8.63. The van der Waals surface area contributed by atoms with E-state index in [2.05, 4.69) is 6.58 Å². The van der Waals surface area contributed by atoms with E-state index in [0.29, 0.717) is 17.7 Å². The van der Waals surface area contributed by atoms with Gasteiger partial charge in [0.15, 0.2) is 0 Å². The van der Waals surface area contributed by atoms with Crippen LogP contribution in [0.25, 0.3) is 0 Å². The van der Waals surface area contributed by atoms with Crippen LogP contribution in [0.5, 0.6) is 17.2 Å². The lowest BCUT2D eigenvalue weighted by atomic mass is 9.98. The van der Waals surface area contributed by atoms with Gasteiger partial charge in [-0.05, 0) is 80.6 Å². The predicted molar refractivity (Wildman–Crippen MR) is 146 cm³/mol. The van der Waals surface area contributed by atoms with E-state index < -0.39 is 17.9 Å². The van der Waals surface area contributed by atoms with Crippen molar-refractivity contribution in [3.05, 3.63) is 78.4 Å². The molecule has 2 aromatic carbocycles. The molecule has 41 heavy (non-hydrogen) atoms. The summed E-state index contributed by atoms with van der Waals surface area (Å²) < 4.78 is 21.7. The smallest absolute Gasteiger partial charge is 0.343 e. The highest BCUT2D eigenvalue weighted by Crippen LogP contribution is 2.23. The summed E-state index contributed by atoms with van der Waals surface area (Å²) in [5.41, 5.74) is 0.284. The molecule has 10 nitrogen and oxygen atoms in total.